The topological polar surface area (TPSA) is 64.4 Å². The zero-order valence-corrected chi connectivity index (χ0v) is 11.7. The van der Waals surface area contributed by atoms with E-state index >= 15 is 0 Å². The maximum atomic E-state index is 11.0. The monoisotopic (exact) mass is 272 g/mol. The molecule has 1 aromatic carbocycles. The molecular formula is C15H16N2O3. The lowest BCUT2D eigenvalue weighted by Crippen LogP contribution is -2.24. The van der Waals surface area contributed by atoms with Gasteiger partial charge in [-0.3, -0.25) is 4.68 Å². The quantitative estimate of drug-likeness (QED) is 0.912. The molecule has 1 aromatic heterocycles. The van der Waals surface area contributed by atoms with Gasteiger partial charge in [-0.15, -0.1) is 0 Å². The molecule has 5 nitrogen and oxygen atoms in total. The number of hydrogen-bond acceptors (Lipinski definition) is 3. The Hall–Kier alpha value is -2.30. The Morgan fingerprint density at radius 1 is 1.40 bits per heavy atom. The molecule has 0 amide bonds. The average Bonchev–Trinajstić information content (AvgIpc) is 2.86. The van der Waals surface area contributed by atoms with Crippen LogP contribution in [-0.4, -0.2) is 26.5 Å². The van der Waals surface area contributed by atoms with E-state index in [0.29, 0.717) is 0 Å². The van der Waals surface area contributed by atoms with Crippen LogP contribution in [0.2, 0.25) is 0 Å². The van der Waals surface area contributed by atoms with Crippen molar-refractivity contribution in [2.24, 2.45) is 7.05 Å². The van der Waals surface area contributed by atoms with E-state index in [1.165, 1.54) is 5.56 Å². The molecule has 0 bridgehead atoms. The number of carboxylic acid groups (broad SMARTS) is 1. The summed E-state index contributed by atoms with van der Waals surface area (Å²) in [4.78, 5) is 11.0. The summed E-state index contributed by atoms with van der Waals surface area (Å²) in [5, 5.41) is 13.0. The molecule has 0 spiro atoms. The number of ether oxygens (including phenoxy) is 1. The van der Waals surface area contributed by atoms with E-state index < -0.39 is 5.97 Å². The lowest BCUT2D eigenvalue weighted by Gasteiger charge is -2.16. The molecule has 0 saturated carbocycles. The van der Waals surface area contributed by atoms with E-state index in [1.807, 2.05) is 18.2 Å². The highest BCUT2D eigenvalue weighted by Crippen LogP contribution is 2.37. The number of aryl methyl sites for hydroxylation is 1. The van der Waals surface area contributed by atoms with E-state index in [-0.39, 0.29) is 11.3 Å². The molecule has 5 heteroatoms. The van der Waals surface area contributed by atoms with Gasteiger partial charge < -0.3 is 9.84 Å². The van der Waals surface area contributed by atoms with Gasteiger partial charge in [-0.05, 0) is 31.5 Å². The van der Waals surface area contributed by atoms with Crippen molar-refractivity contribution in [1.29, 1.82) is 0 Å². The van der Waals surface area contributed by atoms with Gasteiger partial charge in [0.2, 0.25) is 0 Å². The summed E-state index contributed by atoms with van der Waals surface area (Å²) in [6, 6.07) is 7.54. The highest BCUT2D eigenvalue weighted by atomic mass is 16.5. The summed E-state index contributed by atoms with van der Waals surface area (Å²) in [5.74, 6) is -0.157. The van der Waals surface area contributed by atoms with Gasteiger partial charge in [-0.2, -0.15) is 5.10 Å². The number of carboxylic acids is 1. The van der Waals surface area contributed by atoms with Crippen molar-refractivity contribution in [1.82, 2.24) is 9.78 Å². The number of rotatable bonds is 2. The highest BCUT2D eigenvalue weighted by Gasteiger charge is 2.30. The molecule has 0 fully saturated rings. The van der Waals surface area contributed by atoms with E-state index in [0.717, 1.165) is 23.4 Å². The van der Waals surface area contributed by atoms with Crippen LogP contribution in [0, 0.1) is 0 Å². The molecule has 0 radical (unpaired) electrons. The SMILES string of the molecule is Cn1nc(C(=O)O)cc1-c1ccc2c(c1)OC(C)(C)C2. The lowest BCUT2D eigenvalue weighted by molar-refractivity contribution is 0.0689. The lowest BCUT2D eigenvalue weighted by atomic mass is 10.0. The Bertz CT molecular complexity index is 701. The molecule has 1 aliphatic rings. The van der Waals surface area contributed by atoms with E-state index in [1.54, 1.807) is 17.8 Å². The third-order valence-electron chi connectivity index (χ3n) is 3.46. The fourth-order valence-corrected chi connectivity index (χ4v) is 2.59. The molecule has 2 aromatic rings. The summed E-state index contributed by atoms with van der Waals surface area (Å²) >= 11 is 0. The molecule has 0 saturated heterocycles. The van der Waals surface area contributed by atoms with Crippen molar-refractivity contribution in [3.63, 3.8) is 0 Å². The number of benzene rings is 1. The van der Waals surface area contributed by atoms with Gasteiger partial charge in [0, 0.05) is 19.0 Å². The molecule has 2 heterocycles. The first-order valence-corrected chi connectivity index (χ1v) is 6.45. The molecule has 1 N–H and O–H groups in total. The Labute approximate surface area is 116 Å². The van der Waals surface area contributed by atoms with Crippen LogP contribution in [-0.2, 0) is 13.5 Å². The number of aromatic nitrogens is 2. The molecule has 0 atom stereocenters. The minimum Gasteiger partial charge on any atom is -0.487 e. The smallest absolute Gasteiger partial charge is 0.356 e. The Balaban J connectivity index is 2.03. The molecule has 3 rings (SSSR count). The molecule has 20 heavy (non-hydrogen) atoms. The van der Waals surface area contributed by atoms with Crippen molar-refractivity contribution in [2.45, 2.75) is 25.9 Å². The van der Waals surface area contributed by atoms with Crippen LogP contribution in [0.3, 0.4) is 0 Å². The number of hydrogen-bond donors (Lipinski definition) is 1. The van der Waals surface area contributed by atoms with Crippen molar-refractivity contribution in [2.75, 3.05) is 0 Å². The third kappa shape index (κ3) is 2.05. The van der Waals surface area contributed by atoms with Crippen molar-refractivity contribution >= 4 is 5.97 Å². The average molecular weight is 272 g/mol. The second-order valence-electron chi connectivity index (χ2n) is 5.70. The van der Waals surface area contributed by atoms with Crippen molar-refractivity contribution in [3.05, 3.63) is 35.5 Å². The summed E-state index contributed by atoms with van der Waals surface area (Å²) in [6.45, 7) is 4.11. The molecule has 1 aliphatic heterocycles. The molecular weight excluding hydrogens is 256 g/mol. The Morgan fingerprint density at radius 2 is 2.15 bits per heavy atom. The predicted molar refractivity (Wildman–Crippen MR) is 74.0 cm³/mol. The minimum atomic E-state index is -1.02. The maximum Gasteiger partial charge on any atom is 0.356 e. The van der Waals surface area contributed by atoms with Crippen LogP contribution in [0.4, 0.5) is 0 Å². The maximum absolute atomic E-state index is 11.0. The number of nitrogens with zero attached hydrogens (tertiary/aromatic N) is 2. The first kappa shape index (κ1) is 12.7. The van der Waals surface area contributed by atoms with Crippen LogP contribution in [0.15, 0.2) is 24.3 Å². The first-order chi connectivity index (χ1) is 9.35. The standard InChI is InChI=1S/C15H16N2O3/c1-15(2)8-10-5-4-9(6-13(10)20-15)12-7-11(14(18)19)16-17(12)3/h4-7H,8H2,1-3H3,(H,18,19). The highest BCUT2D eigenvalue weighted by molar-refractivity contribution is 5.87. The zero-order valence-electron chi connectivity index (χ0n) is 11.7. The third-order valence-corrected chi connectivity index (χ3v) is 3.46. The van der Waals surface area contributed by atoms with Gasteiger partial charge >= 0.3 is 5.97 Å². The fourth-order valence-electron chi connectivity index (χ4n) is 2.59. The first-order valence-electron chi connectivity index (χ1n) is 6.45. The Morgan fingerprint density at radius 3 is 2.80 bits per heavy atom. The molecule has 0 unspecified atom stereocenters. The van der Waals surface area contributed by atoms with Gasteiger partial charge in [-0.1, -0.05) is 12.1 Å². The van der Waals surface area contributed by atoms with Gasteiger partial charge in [-0.25, -0.2) is 4.79 Å². The van der Waals surface area contributed by atoms with Gasteiger partial charge in [0.1, 0.15) is 11.4 Å². The summed E-state index contributed by atoms with van der Waals surface area (Å²) < 4.78 is 7.48. The number of fused-ring (bicyclic) bond motifs is 1. The van der Waals surface area contributed by atoms with Crippen LogP contribution in [0.25, 0.3) is 11.3 Å². The number of aromatic carboxylic acids is 1. The molecule has 0 aliphatic carbocycles. The van der Waals surface area contributed by atoms with E-state index in [4.69, 9.17) is 9.84 Å². The largest absolute Gasteiger partial charge is 0.487 e. The fraction of sp³-hybridized carbons (Fsp3) is 0.333. The van der Waals surface area contributed by atoms with E-state index in [9.17, 15) is 4.79 Å². The Kier molecular flexibility index (Phi) is 2.61. The van der Waals surface area contributed by atoms with Crippen LogP contribution < -0.4 is 4.74 Å². The summed E-state index contributed by atoms with van der Waals surface area (Å²) in [5.41, 5.74) is 2.71. The van der Waals surface area contributed by atoms with Crippen LogP contribution >= 0.6 is 0 Å². The summed E-state index contributed by atoms with van der Waals surface area (Å²) in [6.07, 6.45) is 0.883. The van der Waals surface area contributed by atoms with Crippen molar-refractivity contribution in [3.8, 4) is 17.0 Å². The van der Waals surface area contributed by atoms with E-state index in [2.05, 4.69) is 18.9 Å². The van der Waals surface area contributed by atoms with Crippen molar-refractivity contribution < 1.29 is 14.6 Å². The molecule has 104 valence electrons. The summed E-state index contributed by atoms with van der Waals surface area (Å²) in [7, 11) is 1.74. The van der Waals surface area contributed by atoms with Crippen LogP contribution in [0.1, 0.15) is 29.9 Å². The second kappa shape index (κ2) is 4.10. The second-order valence-corrected chi connectivity index (χ2v) is 5.70. The number of carbonyl (C=O) groups is 1. The van der Waals surface area contributed by atoms with Gasteiger partial charge in [0.05, 0.1) is 5.69 Å². The van der Waals surface area contributed by atoms with Gasteiger partial charge in [0.15, 0.2) is 5.69 Å². The zero-order chi connectivity index (χ0) is 14.5. The van der Waals surface area contributed by atoms with Crippen LogP contribution in [0.5, 0.6) is 5.75 Å². The minimum absolute atomic E-state index is 0.0456. The van der Waals surface area contributed by atoms with Gasteiger partial charge in [0.25, 0.3) is 0 Å². The normalized spacial score (nSPS) is 15.8. The predicted octanol–water partition coefficient (Wildman–Crippen LogP) is 2.50.